The molecule has 0 amide bonds. The first-order chi connectivity index (χ1) is 22.8. The Kier molecular flexibility index (Phi) is 5.75. The van der Waals surface area contributed by atoms with E-state index in [1.807, 2.05) is 22.7 Å². The molecule has 7 aromatic carbocycles. The highest BCUT2D eigenvalue weighted by Gasteiger charge is 2.23. The van der Waals surface area contributed by atoms with Crippen LogP contribution in [0.4, 0.5) is 11.4 Å². The summed E-state index contributed by atoms with van der Waals surface area (Å²) in [6.07, 6.45) is 0. The molecule has 3 heteroatoms. The van der Waals surface area contributed by atoms with Gasteiger partial charge in [-0.05, 0) is 94.0 Å². The van der Waals surface area contributed by atoms with Gasteiger partial charge in [0.15, 0.2) is 0 Å². The Bertz CT molecular complexity index is 2620. The maximum atomic E-state index is 2.48. The number of hydrogen-bond acceptors (Lipinski definition) is 3. The molecule has 1 nitrogen and oxygen atoms in total. The van der Waals surface area contributed by atoms with Crippen LogP contribution in [0, 0.1) is 0 Å². The standard InChI is InChI=1S/C43H27NS2/c1-2-8-27(9-3-1)28-14-18-40-35(22-28)36-23-29(15-19-41(36)45-40)30-16-20-42-37(24-30)38-25-32(17-21-43(38)46-42)44-26-31-10-4-5-11-33(31)34-12-6-7-13-39(34)44/h1-25H,26H2. The number of thiophene rings is 2. The second-order valence-corrected chi connectivity index (χ2v) is 14.3. The Labute approximate surface area is 275 Å². The molecule has 216 valence electrons. The van der Waals surface area contributed by atoms with Gasteiger partial charge in [-0.2, -0.15) is 0 Å². The number of benzene rings is 7. The molecule has 0 bridgehead atoms. The summed E-state index contributed by atoms with van der Waals surface area (Å²) in [6.45, 7) is 0.868. The van der Waals surface area contributed by atoms with Crippen LogP contribution >= 0.6 is 22.7 Å². The zero-order valence-corrected chi connectivity index (χ0v) is 26.5. The number of nitrogens with zero attached hydrogens (tertiary/aromatic N) is 1. The summed E-state index contributed by atoms with van der Waals surface area (Å²) in [5, 5.41) is 5.31. The zero-order valence-electron chi connectivity index (χ0n) is 24.9. The van der Waals surface area contributed by atoms with E-state index in [0.29, 0.717) is 0 Å². The average Bonchev–Trinajstić information content (AvgIpc) is 3.68. The molecule has 0 fully saturated rings. The van der Waals surface area contributed by atoms with Crippen molar-refractivity contribution >= 4 is 74.4 Å². The van der Waals surface area contributed by atoms with Gasteiger partial charge in [0.25, 0.3) is 0 Å². The van der Waals surface area contributed by atoms with E-state index in [2.05, 4.69) is 157 Å². The van der Waals surface area contributed by atoms with Crippen molar-refractivity contribution in [1.29, 1.82) is 0 Å². The molecule has 0 N–H and O–H groups in total. The van der Waals surface area contributed by atoms with Gasteiger partial charge >= 0.3 is 0 Å². The van der Waals surface area contributed by atoms with Crippen molar-refractivity contribution in [3.05, 3.63) is 157 Å². The fraction of sp³-hybridized carbons (Fsp3) is 0.0233. The van der Waals surface area contributed by atoms with E-state index < -0.39 is 0 Å². The highest BCUT2D eigenvalue weighted by atomic mass is 32.1. The van der Waals surface area contributed by atoms with Crippen molar-refractivity contribution in [3.8, 4) is 33.4 Å². The molecule has 1 aliphatic rings. The molecule has 9 aromatic rings. The summed E-state index contributed by atoms with van der Waals surface area (Å²) >= 11 is 3.76. The molecule has 0 saturated heterocycles. The van der Waals surface area contributed by atoms with Crippen LogP contribution in [-0.4, -0.2) is 0 Å². The molecule has 0 radical (unpaired) electrons. The fourth-order valence-corrected chi connectivity index (χ4v) is 9.36. The molecule has 0 spiro atoms. The van der Waals surface area contributed by atoms with Gasteiger partial charge in [0.2, 0.25) is 0 Å². The van der Waals surface area contributed by atoms with E-state index in [0.717, 1.165) is 6.54 Å². The zero-order chi connectivity index (χ0) is 30.2. The predicted molar refractivity (Wildman–Crippen MR) is 201 cm³/mol. The lowest BCUT2D eigenvalue weighted by molar-refractivity contribution is 0.962. The van der Waals surface area contributed by atoms with Crippen molar-refractivity contribution in [2.24, 2.45) is 0 Å². The third-order valence-corrected chi connectivity index (χ3v) is 11.8. The van der Waals surface area contributed by atoms with Gasteiger partial charge < -0.3 is 4.90 Å². The summed E-state index contributed by atoms with van der Waals surface area (Å²) in [5.74, 6) is 0. The third-order valence-electron chi connectivity index (χ3n) is 9.50. The molecule has 0 saturated carbocycles. The molecule has 0 atom stereocenters. The first-order valence-corrected chi connectivity index (χ1v) is 17.3. The van der Waals surface area contributed by atoms with Crippen LogP contribution in [0.1, 0.15) is 5.56 Å². The Morgan fingerprint density at radius 3 is 1.54 bits per heavy atom. The normalized spacial score (nSPS) is 12.7. The van der Waals surface area contributed by atoms with E-state index >= 15 is 0 Å². The lowest BCUT2D eigenvalue weighted by Gasteiger charge is -2.33. The molecule has 3 heterocycles. The van der Waals surface area contributed by atoms with E-state index in [1.54, 1.807) is 0 Å². The molecule has 2 aromatic heterocycles. The highest BCUT2D eigenvalue weighted by Crippen LogP contribution is 2.45. The van der Waals surface area contributed by atoms with Crippen molar-refractivity contribution in [1.82, 2.24) is 0 Å². The van der Waals surface area contributed by atoms with Crippen molar-refractivity contribution in [3.63, 3.8) is 0 Å². The van der Waals surface area contributed by atoms with Gasteiger partial charge in [0.05, 0.1) is 0 Å². The molecular formula is C43H27NS2. The van der Waals surface area contributed by atoms with Gasteiger partial charge in [0, 0.05) is 63.8 Å². The van der Waals surface area contributed by atoms with E-state index in [1.165, 1.54) is 90.7 Å². The number of hydrogen-bond donors (Lipinski definition) is 0. The van der Waals surface area contributed by atoms with Gasteiger partial charge in [-0.3, -0.25) is 0 Å². The maximum absolute atomic E-state index is 2.48. The van der Waals surface area contributed by atoms with E-state index in [-0.39, 0.29) is 0 Å². The Morgan fingerprint density at radius 2 is 0.891 bits per heavy atom. The molecule has 10 rings (SSSR count). The summed E-state index contributed by atoms with van der Waals surface area (Å²) in [7, 11) is 0. The quantitative estimate of drug-likeness (QED) is 0.190. The molecular weight excluding hydrogens is 595 g/mol. The molecule has 0 aliphatic carbocycles. The average molecular weight is 622 g/mol. The topological polar surface area (TPSA) is 3.24 Å². The van der Waals surface area contributed by atoms with Crippen molar-refractivity contribution in [2.75, 3.05) is 4.90 Å². The van der Waals surface area contributed by atoms with Gasteiger partial charge in [0.1, 0.15) is 0 Å². The van der Waals surface area contributed by atoms with E-state index in [9.17, 15) is 0 Å². The van der Waals surface area contributed by atoms with Gasteiger partial charge in [-0.25, -0.2) is 0 Å². The number of para-hydroxylation sites is 1. The van der Waals surface area contributed by atoms with Crippen LogP contribution in [0.5, 0.6) is 0 Å². The molecule has 0 unspecified atom stereocenters. The second kappa shape index (κ2) is 10.1. The summed E-state index contributed by atoms with van der Waals surface area (Å²) in [6, 6.07) is 56.2. The Balaban J connectivity index is 1.09. The van der Waals surface area contributed by atoms with Crippen molar-refractivity contribution in [2.45, 2.75) is 6.54 Å². The number of anilines is 2. The Hall–Kier alpha value is -5.22. The molecule has 1 aliphatic heterocycles. The van der Waals surface area contributed by atoms with Crippen LogP contribution in [0.2, 0.25) is 0 Å². The minimum Gasteiger partial charge on any atom is -0.336 e. The van der Waals surface area contributed by atoms with Gasteiger partial charge in [-0.15, -0.1) is 22.7 Å². The van der Waals surface area contributed by atoms with Crippen LogP contribution in [0.15, 0.2) is 152 Å². The third kappa shape index (κ3) is 4.06. The molecule has 46 heavy (non-hydrogen) atoms. The predicted octanol–water partition coefficient (Wildman–Crippen LogP) is 13.1. The monoisotopic (exact) mass is 621 g/mol. The lowest BCUT2D eigenvalue weighted by Crippen LogP contribution is -2.21. The smallest absolute Gasteiger partial charge is 0.0493 e. The van der Waals surface area contributed by atoms with E-state index in [4.69, 9.17) is 0 Å². The minimum absolute atomic E-state index is 0.868. The summed E-state index contributed by atoms with van der Waals surface area (Å²) in [5.41, 5.74) is 11.6. The number of rotatable bonds is 3. The first kappa shape index (κ1) is 26.0. The first-order valence-electron chi connectivity index (χ1n) is 15.7. The van der Waals surface area contributed by atoms with Crippen LogP contribution < -0.4 is 4.90 Å². The van der Waals surface area contributed by atoms with Crippen LogP contribution in [0.3, 0.4) is 0 Å². The maximum Gasteiger partial charge on any atom is 0.0493 e. The largest absolute Gasteiger partial charge is 0.336 e. The van der Waals surface area contributed by atoms with Crippen LogP contribution in [0.25, 0.3) is 73.7 Å². The SMILES string of the molecule is c1ccc(-c2ccc3sc4ccc(-c5ccc6sc7ccc(N8Cc9ccccc9-c9ccccc98)cc7c6c5)cc4c3c2)cc1. The van der Waals surface area contributed by atoms with Crippen LogP contribution in [-0.2, 0) is 6.54 Å². The summed E-state index contributed by atoms with van der Waals surface area (Å²) < 4.78 is 5.32. The Morgan fingerprint density at radius 1 is 0.391 bits per heavy atom. The lowest BCUT2D eigenvalue weighted by atomic mass is 9.93. The summed E-state index contributed by atoms with van der Waals surface area (Å²) in [4.78, 5) is 2.48. The minimum atomic E-state index is 0.868. The second-order valence-electron chi connectivity index (χ2n) is 12.1. The number of fused-ring (bicyclic) bond motifs is 9. The highest BCUT2D eigenvalue weighted by molar-refractivity contribution is 7.26. The fourth-order valence-electron chi connectivity index (χ4n) is 7.22. The van der Waals surface area contributed by atoms with Gasteiger partial charge in [-0.1, -0.05) is 91.0 Å². The van der Waals surface area contributed by atoms with Crippen molar-refractivity contribution < 1.29 is 0 Å².